The summed E-state index contributed by atoms with van der Waals surface area (Å²) < 4.78 is 0. The molecule has 0 bridgehead atoms. The normalized spacial score (nSPS) is 14.2. The van der Waals surface area contributed by atoms with E-state index in [1.54, 1.807) is 0 Å². The van der Waals surface area contributed by atoms with Crippen LogP contribution in [0.15, 0.2) is 5.16 Å². The molecule has 0 aromatic heterocycles. The van der Waals surface area contributed by atoms with Gasteiger partial charge in [0.25, 0.3) is 0 Å². The number of hydrogen-bond donors (Lipinski definition) is 2. The van der Waals surface area contributed by atoms with Crippen LogP contribution in [0.25, 0.3) is 0 Å². The van der Waals surface area contributed by atoms with Crippen molar-refractivity contribution < 1.29 is 10.0 Å². The Balaban J connectivity index is 5.46. The Hall–Kier alpha value is -1.26. The molecule has 0 radical (unpaired) electrons. The minimum absolute atomic E-state index is 0.0133. The molecule has 0 aromatic carbocycles. The molecule has 0 aliphatic heterocycles. The Kier molecular flexibility index (Phi) is 8.26. The Bertz CT molecular complexity index is 325. The second kappa shape index (κ2) is 8.82. The van der Waals surface area contributed by atoms with Crippen molar-refractivity contribution in [2.45, 2.75) is 72.8 Å². The maximum atomic E-state index is 13.0. The van der Waals surface area contributed by atoms with E-state index in [-0.39, 0.29) is 17.8 Å². The maximum absolute atomic E-state index is 13.0. The highest BCUT2D eigenvalue weighted by Crippen LogP contribution is 2.31. The number of oxime groups is 1. The van der Waals surface area contributed by atoms with Gasteiger partial charge in [-0.3, -0.25) is 4.79 Å². The first kappa shape index (κ1) is 18.7. The Morgan fingerprint density at radius 2 is 1.85 bits per heavy atom. The van der Waals surface area contributed by atoms with Crippen LogP contribution in [0.1, 0.15) is 66.7 Å². The van der Waals surface area contributed by atoms with Gasteiger partial charge in [0.05, 0.1) is 0 Å². The Labute approximate surface area is 123 Å². The van der Waals surface area contributed by atoms with E-state index >= 15 is 0 Å². The molecule has 1 unspecified atom stereocenters. The van der Waals surface area contributed by atoms with E-state index in [1.807, 2.05) is 18.7 Å². The van der Waals surface area contributed by atoms with Gasteiger partial charge in [-0.2, -0.15) is 0 Å². The summed E-state index contributed by atoms with van der Waals surface area (Å²) in [6, 6.07) is 0.165. The molecule has 0 spiro atoms. The van der Waals surface area contributed by atoms with Gasteiger partial charge in [0, 0.05) is 12.6 Å². The van der Waals surface area contributed by atoms with Crippen molar-refractivity contribution in [2.75, 3.05) is 6.54 Å². The first-order valence-electron chi connectivity index (χ1n) is 7.74. The first-order valence-corrected chi connectivity index (χ1v) is 7.74. The highest BCUT2D eigenvalue weighted by atomic mass is 16.4. The quantitative estimate of drug-likeness (QED) is 0.296. The van der Waals surface area contributed by atoms with Crippen LogP contribution in [0.3, 0.4) is 0 Å². The molecule has 0 heterocycles. The van der Waals surface area contributed by atoms with Crippen LogP contribution < -0.4 is 5.73 Å². The number of amides is 1. The van der Waals surface area contributed by atoms with Crippen molar-refractivity contribution in [1.29, 1.82) is 0 Å². The number of nitrogens with zero attached hydrogens (tertiary/aromatic N) is 2. The van der Waals surface area contributed by atoms with E-state index in [2.05, 4.69) is 25.9 Å². The van der Waals surface area contributed by atoms with Gasteiger partial charge in [0.15, 0.2) is 5.84 Å². The van der Waals surface area contributed by atoms with E-state index < -0.39 is 5.41 Å². The van der Waals surface area contributed by atoms with E-state index in [1.165, 1.54) is 0 Å². The summed E-state index contributed by atoms with van der Waals surface area (Å²) >= 11 is 0. The van der Waals surface area contributed by atoms with Gasteiger partial charge in [-0.1, -0.05) is 39.3 Å². The summed E-state index contributed by atoms with van der Waals surface area (Å²) in [5.74, 6) is 0.0119. The molecule has 1 amide bonds. The molecule has 0 aromatic rings. The average molecular weight is 285 g/mol. The van der Waals surface area contributed by atoms with Crippen LogP contribution in [0.5, 0.6) is 0 Å². The van der Waals surface area contributed by atoms with Crippen LogP contribution in [-0.2, 0) is 4.79 Å². The number of carbonyl (C=O) groups is 1. The lowest BCUT2D eigenvalue weighted by Crippen LogP contribution is -2.53. The lowest BCUT2D eigenvalue weighted by molar-refractivity contribution is -0.141. The van der Waals surface area contributed by atoms with E-state index in [4.69, 9.17) is 10.9 Å². The number of carbonyl (C=O) groups excluding carboxylic acids is 1. The van der Waals surface area contributed by atoms with Gasteiger partial charge in [-0.05, 0) is 32.6 Å². The highest BCUT2D eigenvalue weighted by molar-refractivity contribution is 6.06. The monoisotopic (exact) mass is 285 g/mol. The molecule has 3 N–H and O–H groups in total. The van der Waals surface area contributed by atoms with Gasteiger partial charge in [-0.25, -0.2) is 0 Å². The Morgan fingerprint density at radius 1 is 1.30 bits per heavy atom. The second-order valence-electron chi connectivity index (χ2n) is 5.38. The lowest BCUT2D eigenvalue weighted by Gasteiger charge is -2.38. The molecule has 0 aliphatic carbocycles. The predicted octanol–water partition coefficient (Wildman–Crippen LogP) is 2.97. The van der Waals surface area contributed by atoms with Crippen LogP contribution in [0, 0.1) is 5.41 Å². The summed E-state index contributed by atoms with van der Waals surface area (Å²) in [5, 5.41) is 12.1. The van der Waals surface area contributed by atoms with Gasteiger partial charge < -0.3 is 15.8 Å². The maximum Gasteiger partial charge on any atom is 0.236 e. The fourth-order valence-electron chi connectivity index (χ4n) is 2.47. The summed E-state index contributed by atoms with van der Waals surface area (Å²) in [7, 11) is 0. The summed E-state index contributed by atoms with van der Waals surface area (Å²) in [4.78, 5) is 14.9. The van der Waals surface area contributed by atoms with Crippen LogP contribution in [0.2, 0.25) is 0 Å². The van der Waals surface area contributed by atoms with Crippen molar-refractivity contribution in [3.8, 4) is 0 Å². The van der Waals surface area contributed by atoms with Crippen LogP contribution in [0.4, 0.5) is 0 Å². The fourth-order valence-corrected chi connectivity index (χ4v) is 2.47. The van der Waals surface area contributed by atoms with Crippen molar-refractivity contribution in [3.63, 3.8) is 0 Å². The molecule has 0 aliphatic rings. The van der Waals surface area contributed by atoms with Crippen molar-refractivity contribution >= 4 is 11.7 Å². The average Bonchev–Trinajstić information content (AvgIpc) is 2.48. The molecular formula is C15H31N3O2. The van der Waals surface area contributed by atoms with E-state index in [9.17, 15) is 4.79 Å². The van der Waals surface area contributed by atoms with Crippen LogP contribution >= 0.6 is 0 Å². The molecule has 5 heteroatoms. The number of unbranched alkanes of at least 4 members (excludes halogenated alkanes) is 1. The molecular weight excluding hydrogens is 254 g/mol. The molecule has 0 rings (SSSR count). The summed E-state index contributed by atoms with van der Waals surface area (Å²) in [5.41, 5.74) is 4.95. The van der Waals surface area contributed by atoms with Gasteiger partial charge >= 0.3 is 0 Å². The summed E-state index contributed by atoms with van der Waals surface area (Å²) in [6.07, 6.45) is 3.98. The zero-order valence-electron chi connectivity index (χ0n) is 13.6. The molecule has 0 saturated carbocycles. The lowest BCUT2D eigenvalue weighted by atomic mass is 9.79. The topological polar surface area (TPSA) is 78.9 Å². The van der Waals surface area contributed by atoms with Gasteiger partial charge in [0.1, 0.15) is 5.41 Å². The molecule has 5 nitrogen and oxygen atoms in total. The predicted molar refractivity (Wildman–Crippen MR) is 82.8 cm³/mol. The van der Waals surface area contributed by atoms with Crippen LogP contribution in [-0.4, -0.2) is 34.4 Å². The molecule has 20 heavy (non-hydrogen) atoms. The zero-order valence-corrected chi connectivity index (χ0v) is 13.6. The third-order valence-electron chi connectivity index (χ3n) is 4.35. The fraction of sp³-hybridized carbons (Fsp3) is 0.867. The smallest absolute Gasteiger partial charge is 0.236 e. The first-order chi connectivity index (χ1) is 9.44. The summed E-state index contributed by atoms with van der Waals surface area (Å²) in [6.45, 7) is 10.8. The molecule has 118 valence electrons. The minimum Gasteiger partial charge on any atom is -0.409 e. The molecule has 0 fully saturated rings. The third-order valence-corrected chi connectivity index (χ3v) is 4.35. The largest absolute Gasteiger partial charge is 0.409 e. The number of rotatable bonds is 9. The Morgan fingerprint density at radius 3 is 2.20 bits per heavy atom. The van der Waals surface area contributed by atoms with Crippen molar-refractivity contribution in [1.82, 2.24) is 4.90 Å². The standard InChI is InChI=1S/C15H31N3O2/c1-6-10-11-18(12(5)7-2)14(19)15(8-3,9-4)13(16)17-20/h12,20H,6-11H2,1-5H3,(H2,16,17). The highest BCUT2D eigenvalue weighted by Gasteiger charge is 2.43. The van der Waals surface area contributed by atoms with Crippen molar-refractivity contribution in [3.05, 3.63) is 0 Å². The zero-order chi connectivity index (χ0) is 15.8. The third kappa shape index (κ3) is 3.87. The van der Waals surface area contributed by atoms with Gasteiger partial charge in [0.2, 0.25) is 5.91 Å². The molecule has 1 atom stereocenters. The van der Waals surface area contributed by atoms with E-state index in [0.29, 0.717) is 12.8 Å². The number of nitrogens with two attached hydrogens (primary N) is 1. The number of hydrogen-bond acceptors (Lipinski definition) is 3. The van der Waals surface area contributed by atoms with E-state index in [0.717, 1.165) is 25.8 Å². The van der Waals surface area contributed by atoms with Crippen molar-refractivity contribution in [2.24, 2.45) is 16.3 Å². The minimum atomic E-state index is -0.883. The SMILES string of the molecule is CCCCN(C(=O)C(CC)(CC)C(N)=NO)C(C)CC. The second-order valence-corrected chi connectivity index (χ2v) is 5.38. The molecule has 0 saturated heterocycles. The van der Waals surface area contributed by atoms with Gasteiger partial charge in [-0.15, -0.1) is 0 Å². The number of amidine groups is 1.